The van der Waals surface area contributed by atoms with Gasteiger partial charge in [-0.25, -0.2) is 4.39 Å². The average molecular weight is 357 g/mol. The van der Waals surface area contributed by atoms with Crippen LogP contribution in [0.4, 0.5) is 4.39 Å². The van der Waals surface area contributed by atoms with E-state index in [-0.39, 0.29) is 11.4 Å². The molecule has 1 N–H and O–H groups in total. The van der Waals surface area contributed by atoms with E-state index < -0.39 is 11.8 Å². The van der Waals surface area contributed by atoms with Gasteiger partial charge in [0.2, 0.25) is 0 Å². The molecule has 126 valence electrons. The summed E-state index contributed by atoms with van der Waals surface area (Å²) in [6.07, 6.45) is -0.0642. The second-order valence-electron chi connectivity index (χ2n) is 5.48. The second-order valence-corrected chi connectivity index (χ2v) is 5.88. The molecule has 0 radical (unpaired) electrons. The van der Waals surface area contributed by atoms with Gasteiger partial charge in [-0.05, 0) is 53.1 Å². The number of ether oxygens (including phenoxy) is 1. The number of hydrogen-bond donors (Lipinski definition) is 1. The van der Waals surface area contributed by atoms with Crippen molar-refractivity contribution < 1.29 is 19.0 Å². The van der Waals surface area contributed by atoms with Gasteiger partial charge in [-0.1, -0.05) is 41.9 Å². The van der Waals surface area contributed by atoms with Gasteiger partial charge in [-0.15, -0.1) is 0 Å². The lowest BCUT2D eigenvalue weighted by Crippen LogP contribution is -1.99. The summed E-state index contributed by atoms with van der Waals surface area (Å²) in [7, 11) is 0. The van der Waals surface area contributed by atoms with Crippen LogP contribution in [0.15, 0.2) is 66.7 Å². The van der Waals surface area contributed by atoms with E-state index in [4.69, 9.17) is 21.4 Å². The van der Waals surface area contributed by atoms with E-state index in [2.05, 4.69) is 0 Å². The topological polar surface area (TPSA) is 46.5 Å². The van der Waals surface area contributed by atoms with E-state index in [1.807, 2.05) is 18.2 Å². The highest BCUT2D eigenvalue weighted by Gasteiger charge is 2.06. The number of carboxylic acids is 1. The Morgan fingerprint density at radius 1 is 0.960 bits per heavy atom. The Kier molecular flexibility index (Phi) is 5.00. The lowest BCUT2D eigenvalue weighted by molar-refractivity contribution is -0.136. The van der Waals surface area contributed by atoms with E-state index in [0.717, 1.165) is 11.1 Å². The third-order valence-electron chi connectivity index (χ3n) is 3.58. The fraction of sp³-hybridized carbons (Fsp3) is 0.0500. The molecule has 3 aromatic carbocycles. The molecule has 0 aromatic heterocycles. The summed E-state index contributed by atoms with van der Waals surface area (Å²) in [5.41, 5.74) is 2.27. The molecule has 0 bridgehead atoms. The van der Waals surface area contributed by atoms with Gasteiger partial charge in [0.1, 0.15) is 17.3 Å². The van der Waals surface area contributed by atoms with Gasteiger partial charge in [0.25, 0.3) is 0 Å². The van der Waals surface area contributed by atoms with Crippen molar-refractivity contribution in [1.29, 1.82) is 0 Å². The van der Waals surface area contributed by atoms with Crippen LogP contribution < -0.4 is 4.74 Å². The number of hydrogen-bond acceptors (Lipinski definition) is 2. The van der Waals surface area contributed by atoms with Gasteiger partial charge in [0.15, 0.2) is 0 Å². The van der Waals surface area contributed by atoms with Crippen molar-refractivity contribution in [2.45, 2.75) is 6.42 Å². The molecule has 0 unspecified atom stereocenters. The van der Waals surface area contributed by atoms with Crippen molar-refractivity contribution in [3.8, 4) is 22.6 Å². The lowest BCUT2D eigenvalue weighted by atomic mass is 10.1. The maximum Gasteiger partial charge on any atom is 0.307 e. The van der Waals surface area contributed by atoms with E-state index >= 15 is 0 Å². The summed E-state index contributed by atoms with van der Waals surface area (Å²) in [4.78, 5) is 10.8. The largest absolute Gasteiger partial charge is 0.481 e. The normalized spacial score (nSPS) is 10.5. The number of halogens is 2. The van der Waals surface area contributed by atoms with Crippen LogP contribution in [0.25, 0.3) is 11.1 Å². The Hall–Kier alpha value is -2.85. The highest BCUT2D eigenvalue weighted by molar-refractivity contribution is 6.31. The minimum absolute atomic E-state index is 0.0604. The van der Waals surface area contributed by atoms with Crippen LogP contribution in [0, 0.1) is 5.82 Å². The van der Waals surface area contributed by atoms with Gasteiger partial charge >= 0.3 is 5.97 Å². The molecule has 3 aromatic rings. The molecule has 0 aliphatic rings. The number of benzene rings is 3. The molecule has 0 saturated carbocycles. The van der Waals surface area contributed by atoms with Gasteiger partial charge in [-0.3, -0.25) is 4.79 Å². The first kappa shape index (κ1) is 17.0. The highest BCUT2D eigenvalue weighted by atomic mass is 35.5. The molecule has 0 saturated heterocycles. The van der Waals surface area contributed by atoms with Gasteiger partial charge in [-0.2, -0.15) is 0 Å². The Morgan fingerprint density at radius 3 is 2.36 bits per heavy atom. The molecule has 3 nitrogen and oxygen atoms in total. The highest BCUT2D eigenvalue weighted by Crippen LogP contribution is 2.30. The standard InChI is InChI=1S/C20H14ClFO3/c21-18-12-15(7-8-19(18)22)14-4-2-6-17(11-14)25-16-5-1-3-13(9-16)10-20(23)24/h1-9,11-12H,10H2,(H,23,24). The Bertz CT molecular complexity index is 924. The third-order valence-corrected chi connectivity index (χ3v) is 3.87. The Morgan fingerprint density at radius 2 is 1.64 bits per heavy atom. The van der Waals surface area contributed by atoms with Crippen molar-refractivity contribution in [1.82, 2.24) is 0 Å². The van der Waals surface area contributed by atoms with Crippen molar-refractivity contribution >= 4 is 17.6 Å². The van der Waals surface area contributed by atoms with Crippen LogP contribution in [0.1, 0.15) is 5.56 Å². The van der Waals surface area contributed by atoms with Gasteiger partial charge in [0, 0.05) is 0 Å². The Balaban J connectivity index is 1.84. The van der Waals surface area contributed by atoms with Crippen LogP contribution >= 0.6 is 11.6 Å². The van der Waals surface area contributed by atoms with Crippen LogP contribution in [0.2, 0.25) is 5.02 Å². The van der Waals surface area contributed by atoms with Gasteiger partial charge < -0.3 is 9.84 Å². The van der Waals surface area contributed by atoms with Crippen molar-refractivity contribution in [3.63, 3.8) is 0 Å². The minimum atomic E-state index is -0.896. The number of rotatable bonds is 5. The number of carbonyl (C=O) groups is 1. The summed E-state index contributed by atoms with van der Waals surface area (Å²) in [5, 5.41) is 8.93. The molecule has 3 rings (SSSR count). The summed E-state index contributed by atoms with van der Waals surface area (Å²) in [5.74, 6) is -0.223. The molecule has 0 spiro atoms. The molecule has 0 aliphatic heterocycles. The maximum absolute atomic E-state index is 13.3. The van der Waals surface area contributed by atoms with Crippen molar-refractivity contribution in [2.75, 3.05) is 0 Å². The quantitative estimate of drug-likeness (QED) is 0.650. The van der Waals surface area contributed by atoms with E-state index in [9.17, 15) is 9.18 Å². The third kappa shape index (κ3) is 4.37. The SMILES string of the molecule is O=C(O)Cc1cccc(Oc2cccc(-c3ccc(F)c(Cl)c3)c2)c1. The first-order chi connectivity index (χ1) is 12.0. The molecule has 25 heavy (non-hydrogen) atoms. The molecule has 0 aliphatic carbocycles. The van der Waals surface area contributed by atoms with Crippen molar-refractivity contribution in [2.24, 2.45) is 0 Å². The fourth-order valence-corrected chi connectivity index (χ4v) is 2.63. The summed E-state index contributed by atoms with van der Waals surface area (Å²) < 4.78 is 19.1. The zero-order valence-electron chi connectivity index (χ0n) is 13.1. The molecule has 0 heterocycles. The smallest absolute Gasteiger partial charge is 0.307 e. The maximum atomic E-state index is 13.3. The molecule has 0 fully saturated rings. The second kappa shape index (κ2) is 7.36. The average Bonchev–Trinajstić information content (AvgIpc) is 2.57. The minimum Gasteiger partial charge on any atom is -0.481 e. The van der Waals surface area contributed by atoms with Crippen molar-refractivity contribution in [3.05, 3.63) is 83.1 Å². The molecular formula is C20H14ClFO3. The number of carboxylic acid groups (broad SMARTS) is 1. The fourth-order valence-electron chi connectivity index (χ4n) is 2.44. The molecule has 5 heteroatoms. The first-order valence-electron chi connectivity index (χ1n) is 7.55. The van der Waals surface area contributed by atoms with Crippen LogP contribution in [0.3, 0.4) is 0 Å². The van der Waals surface area contributed by atoms with Crippen LogP contribution in [-0.4, -0.2) is 11.1 Å². The monoisotopic (exact) mass is 356 g/mol. The predicted molar refractivity (Wildman–Crippen MR) is 94.7 cm³/mol. The van der Waals surface area contributed by atoms with E-state index in [1.54, 1.807) is 42.5 Å². The summed E-state index contributed by atoms with van der Waals surface area (Å²) in [6.45, 7) is 0. The zero-order valence-corrected chi connectivity index (χ0v) is 13.8. The molecule has 0 amide bonds. The van der Waals surface area contributed by atoms with Gasteiger partial charge in [0.05, 0.1) is 11.4 Å². The van der Waals surface area contributed by atoms with Crippen LogP contribution in [-0.2, 0) is 11.2 Å². The van der Waals surface area contributed by atoms with E-state index in [1.165, 1.54) is 6.07 Å². The summed E-state index contributed by atoms with van der Waals surface area (Å²) >= 11 is 5.84. The van der Waals surface area contributed by atoms with Crippen LogP contribution in [0.5, 0.6) is 11.5 Å². The lowest BCUT2D eigenvalue weighted by Gasteiger charge is -2.09. The zero-order chi connectivity index (χ0) is 17.8. The molecular weight excluding hydrogens is 343 g/mol. The number of aliphatic carboxylic acids is 1. The molecule has 0 atom stereocenters. The van der Waals surface area contributed by atoms with E-state index in [0.29, 0.717) is 17.1 Å². The summed E-state index contributed by atoms with van der Waals surface area (Å²) in [6, 6.07) is 18.8. The Labute approximate surface area is 149 Å². The first-order valence-corrected chi connectivity index (χ1v) is 7.93. The predicted octanol–water partition coefficient (Wildman–Crippen LogP) is 5.57.